The van der Waals surface area contributed by atoms with E-state index < -0.39 is 6.09 Å². The van der Waals surface area contributed by atoms with Crippen molar-refractivity contribution in [3.8, 4) is 11.5 Å². The molecule has 4 aromatic rings. The van der Waals surface area contributed by atoms with Crippen LogP contribution in [0.5, 0.6) is 0 Å². The van der Waals surface area contributed by atoms with Gasteiger partial charge in [0.2, 0.25) is 0 Å². The largest absolute Gasteiger partial charge is 0.454 e. The number of hydrogen-bond acceptors (Lipinski definition) is 5. The van der Waals surface area contributed by atoms with Gasteiger partial charge in [0.25, 0.3) is 0 Å². The number of rotatable bonds is 5. The van der Waals surface area contributed by atoms with Gasteiger partial charge in [-0.2, -0.15) is 10.2 Å². The summed E-state index contributed by atoms with van der Waals surface area (Å²) in [6, 6.07) is 19.7. The Morgan fingerprint density at radius 2 is 2.00 bits per heavy atom. The second-order valence-electron chi connectivity index (χ2n) is 6.13. The first-order valence-electron chi connectivity index (χ1n) is 8.70. The fraction of sp³-hybridized carbons (Fsp3) is 0.0952. The second-order valence-corrected chi connectivity index (χ2v) is 6.13. The molecular formula is C21H18N4O3. The highest BCUT2D eigenvalue weighted by Gasteiger charge is 2.15. The number of aromatic nitrogens is 2. The molecule has 2 aromatic heterocycles. The smallest absolute Gasteiger partial charge is 0.427 e. The molecule has 0 unspecified atom stereocenters. The van der Waals surface area contributed by atoms with Crippen LogP contribution in [0.2, 0.25) is 0 Å². The SMILES string of the molecule is COC(=O)N/N=C\c1cn(Cc2ccccc2)nc1-c1cc2ccccc2o1. The van der Waals surface area contributed by atoms with E-state index in [-0.39, 0.29) is 0 Å². The van der Waals surface area contributed by atoms with Gasteiger partial charge in [-0.1, -0.05) is 48.5 Å². The van der Waals surface area contributed by atoms with Crippen molar-refractivity contribution in [1.82, 2.24) is 15.2 Å². The van der Waals surface area contributed by atoms with Crippen LogP contribution in [-0.4, -0.2) is 29.2 Å². The van der Waals surface area contributed by atoms with Crippen molar-refractivity contribution >= 4 is 23.3 Å². The van der Waals surface area contributed by atoms with Gasteiger partial charge < -0.3 is 9.15 Å². The summed E-state index contributed by atoms with van der Waals surface area (Å²) in [7, 11) is 1.28. The molecule has 0 saturated carbocycles. The highest BCUT2D eigenvalue weighted by atomic mass is 16.5. The van der Waals surface area contributed by atoms with Gasteiger partial charge in [-0.15, -0.1) is 0 Å². The van der Waals surface area contributed by atoms with Gasteiger partial charge in [-0.3, -0.25) is 4.68 Å². The van der Waals surface area contributed by atoms with Crippen LogP contribution in [-0.2, 0) is 11.3 Å². The monoisotopic (exact) mass is 374 g/mol. The molecule has 0 bridgehead atoms. The maximum absolute atomic E-state index is 11.2. The first-order valence-corrected chi connectivity index (χ1v) is 8.70. The van der Waals surface area contributed by atoms with Crippen molar-refractivity contribution in [2.45, 2.75) is 6.54 Å². The number of methoxy groups -OCH3 is 1. The summed E-state index contributed by atoms with van der Waals surface area (Å²) in [5.74, 6) is 0.632. The zero-order valence-corrected chi connectivity index (χ0v) is 15.2. The Morgan fingerprint density at radius 3 is 2.79 bits per heavy atom. The average molecular weight is 374 g/mol. The molecule has 1 N–H and O–H groups in total. The summed E-state index contributed by atoms with van der Waals surface area (Å²) >= 11 is 0. The maximum Gasteiger partial charge on any atom is 0.427 e. The topological polar surface area (TPSA) is 81.6 Å². The van der Waals surface area contributed by atoms with E-state index in [9.17, 15) is 4.79 Å². The van der Waals surface area contributed by atoms with Gasteiger partial charge in [-0.25, -0.2) is 10.2 Å². The molecule has 28 heavy (non-hydrogen) atoms. The number of hydrogen-bond donors (Lipinski definition) is 1. The van der Waals surface area contributed by atoms with Crippen LogP contribution in [0.3, 0.4) is 0 Å². The summed E-state index contributed by atoms with van der Waals surface area (Å²) in [4.78, 5) is 11.2. The number of fused-ring (bicyclic) bond motifs is 1. The minimum atomic E-state index is -0.641. The number of benzene rings is 2. The molecule has 4 rings (SSSR count). The lowest BCUT2D eigenvalue weighted by Gasteiger charge is -2.00. The van der Waals surface area contributed by atoms with Crippen molar-refractivity contribution in [2.75, 3.05) is 7.11 Å². The Balaban J connectivity index is 1.70. The molecule has 0 fully saturated rings. The van der Waals surface area contributed by atoms with E-state index >= 15 is 0 Å². The average Bonchev–Trinajstić information content (AvgIpc) is 3.32. The molecule has 1 amide bonds. The van der Waals surface area contributed by atoms with Crippen LogP contribution in [0, 0.1) is 0 Å². The Hall–Kier alpha value is -3.87. The lowest BCUT2D eigenvalue weighted by molar-refractivity contribution is 0.171. The van der Waals surface area contributed by atoms with Gasteiger partial charge in [0.05, 0.1) is 19.9 Å². The molecule has 0 aliphatic carbocycles. The number of nitrogens with zero attached hydrogens (tertiary/aromatic N) is 3. The Labute approximate surface area is 161 Å². The number of para-hydroxylation sites is 1. The molecule has 7 nitrogen and oxygen atoms in total. The normalized spacial score (nSPS) is 11.2. The zero-order valence-electron chi connectivity index (χ0n) is 15.2. The van der Waals surface area contributed by atoms with E-state index in [1.807, 2.05) is 71.5 Å². The van der Waals surface area contributed by atoms with Crippen LogP contribution >= 0.6 is 0 Å². The lowest BCUT2D eigenvalue weighted by Crippen LogP contribution is -2.16. The number of nitrogens with one attached hydrogen (secondary N) is 1. The first-order chi connectivity index (χ1) is 13.7. The molecule has 2 heterocycles. The minimum absolute atomic E-state index is 0.604. The fourth-order valence-corrected chi connectivity index (χ4v) is 2.87. The van der Waals surface area contributed by atoms with Crippen molar-refractivity contribution in [3.63, 3.8) is 0 Å². The molecular weight excluding hydrogens is 356 g/mol. The predicted octanol–water partition coefficient (Wildman–Crippen LogP) is 4.03. The van der Waals surface area contributed by atoms with Gasteiger partial charge in [0.1, 0.15) is 11.3 Å². The molecule has 2 aromatic carbocycles. The van der Waals surface area contributed by atoms with E-state index in [0.717, 1.165) is 16.5 Å². The van der Waals surface area contributed by atoms with Gasteiger partial charge in [0.15, 0.2) is 5.76 Å². The van der Waals surface area contributed by atoms with E-state index in [0.29, 0.717) is 23.6 Å². The minimum Gasteiger partial charge on any atom is -0.454 e. The van der Waals surface area contributed by atoms with Gasteiger partial charge >= 0.3 is 6.09 Å². The molecule has 0 aliphatic heterocycles. The standard InChI is InChI=1S/C21H18N4O3/c1-27-21(26)23-22-12-17-14-25(13-15-7-3-2-4-8-15)24-20(17)19-11-16-9-5-6-10-18(16)28-19/h2-12,14H,13H2,1H3,(H,23,26)/b22-12-. The molecule has 0 radical (unpaired) electrons. The summed E-state index contributed by atoms with van der Waals surface area (Å²) in [5.41, 5.74) is 5.55. The zero-order chi connectivity index (χ0) is 19.3. The number of ether oxygens (including phenoxy) is 1. The molecule has 7 heteroatoms. The predicted molar refractivity (Wildman–Crippen MR) is 106 cm³/mol. The summed E-state index contributed by atoms with van der Waals surface area (Å²) in [5, 5.41) is 9.60. The van der Waals surface area contributed by atoms with E-state index in [2.05, 4.69) is 20.4 Å². The molecule has 0 spiro atoms. The Kier molecular flexibility index (Phi) is 4.88. The second kappa shape index (κ2) is 7.79. The van der Waals surface area contributed by atoms with Crippen LogP contribution in [0.4, 0.5) is 4.79 Å². The molecule has 0 saturated heterocycles. The Morgan fingerprint density at radius 1 is 1.21 bits per heavy atom. The maximum atomic E-state index is 11.2. The number of carbonyl (C=O) groups excluding carboxylic acids is 1. The highest BCUT2D eigenvalue weighted by Crippen LogP contribution is 2.28. The third kappa shape index (κ3) is 3.78. The van der Waals surface area contributed by atoms with Gasteiger partial charge in [0, 0.05) is 17.1 Å². The fourth-order valence-electron chi connectivity index (χ4n) is 2.87. The van der Waals surface area contributed by atoms with E-state index in [1.54, 1.807) is 0 Å². The quantitative estimate of drug-likeness (QED) is 0.422. The molecule has 140 valence electrons. The van der Waals surface area contributed by atoms with Crippen LogP contribution in [0.1, 0.15) is 11.1 Å². The van der Waals surface area contributed by atoms with Crippen LogP contribution in [0.25, 0.3) is 22.4 Å². The summed E-state index contributed by atoms with van der Waals surface area (Å²) < 4.78 is 12.3. The first kappa shape index (κ1) is 17.5. The van der Waals surface area contributed by atoms with Crippen molar-refractivity contribution in [2.24, 2.45) is 5.10 Å². The number of hydrazone groups is 1. The summed E-state index contributed by atoms with van der Waals surface area (Å²) in [6.07, 6.45) is 2.74. The van der Waals surface area contributed by atoms with Crippen LogP contribution in [0.15, 0.2) is 76.4 Å². The third-order valence-corrected chi connectivity index (χ3v) is 4.18. The number of amides is 1. The molecule has 0 atom stereocenters. The summed E-state index contributed by atoms with van der Waals surface area (Å²) in [6.45, 7) is 0.604. The third-order valence-electron chi connectivity index (χ3n) is 4.18. The highest BCUT2D eigenvalue weighted by molar-refractivity contribution is 5.90. The lowest BCUT2D eigenvalue weighted by atomic mass is 10.2. The number of carbonyl (C=O) groups is 1. The van der Waals surface area contributed by atoms with E-state index in [4.69, 9.17) is 4.42 Å². The van der Waals surface area contributed by atoms with E-state index in [1.165, 1.54) is 13.3 Å². The molecule has 0 aliphatic rings. The van der Waals surface area contributed by atoms with Crippen molar-refractivity contribution in [3.05, 3.63) is 78.0 Å². The Bertz CT molecular complexity index is 1100. The van der Waals surface area contributed by atoms with Crippen molar-refractivity contribution < 1.29 is 13.9 Å². The number of furan rings is 1. The van der Waals surface area contributed by atoms with Gasteiger partial charge in [-0.05, 0) is 17.7 Å². The van der Waals surface area contributed by atoms with Crippen molar-refractivity contribution in [1.29, 1.82) is 0 Å². The van der Waals surface area contributed by atoms with Crippen LogP contribution < -0.4 is 5.43 Å².